The molecule has 0 saturated heterocycles. The van der Waals surface area contributed by atoms with E-state index in [1.54, 1.807) is 0 Å². The molecule has 0 spiro atoms. The molecule has 72 valence electrons. The molecule has 1 saturated carbocycles. The number of aliphatic hydroxyl groups excluding tert-OH is 1. The summed E-state index contributed by atoms with van der Waals surface area (Å²) in [5, 5.41) is 12.0. The lowest BCUT2D eigenvalue weighted by atomic mass is 9.83. The summed E-state index contributed by atoms with van der Waals surface area (Å²) in [5.74, 6) is 0.891. The summed E-state index contributed by atoms with van der Waals surface area (Å²) >= 11 is 0. The van der Waals surface area contributed by atoms with Crippen LogP contribution in [0.2, 0.25) is 0 Å². The van der Waals surface area contributed by atoms with E-state index in [1.165, 1.54) is 32.1 Å². The van der Waals surface area contributed by atoms with Crippen molar-refractivity contribution in [2.24, 2.45) is 5.92 Å². The van der Waals surface area contributed by atoms with Crippen LogP contribution in [0.25, 0.3) is 0 Å². The molecule has 0 bridgehead atoms. The molecule has 2 nitrogen and oxygen atoms in total. The molecule has 2 N–H and O–H groups in total. The predicted octanol–water partition coefficient (Wildman–Crippen LogP) is 1.54. The van der Waals surface area contributed by atoms with Gasteiger partial charge in [-0.2, -0.15) is 0 Å². The SMILES string of the molecule is CNC1CCC(CCCO)CC1. The van der Waals surface area contributed by atoms with Gasteiger partial charge >= 0.3 is 0 Å². The average Bonchev–Trinajstić information content (AvgIpc) is 2.15. The summed E-state index contributed by atoms with van der Waals surface area (Å²) in [5.41, 5.74) is 0. The molecule has 2 heteroatoms. The van der Waals surface area contributed by atoms with Crippen LogP contribution < -0.4 is 5.32 Å². The third kappa shape index (κ3) is 3.11. The van der Waals surface area contributed by atoms with Gasteiger partial charge < -0.3 is 10.4 Å². The fraction of sp³-hybridized carbons (Fsp3) is 1.00. The molecular weight excluding hydrogens is 150 g/mol. The summed E-state index contributed by atoms with van der Waals surface area (Å²) in [6, 6.07) is 0.760. The van der Waals surface area contributed by atoms with Crippen LogP contribution in [0.3, 0.4) is 0 Å². The van der Waals surface area contributed by atoms with Gasteiger partial charge in [0.05, 0.1) is 0 Å². The van der Waals surface area contributed by atoms with Gasteiger partial charge in [0.25, 0.3) is 0 Å². The smallest absolute Gasteiger partial charge is 0.0431 e. The second-order valence-corrected chi connectivity index (χ2v) is 3.87. The van der Waals surface area contributed by atoms with Gasteiger partial charge in [-0.25, -0.2) is 0 Å². The quantitative estimate of drug-likeness (QED) is 0.672. The lowest BCUT2D eigenvalue weighted by molar-refractivity contribution is 0.240. The lowest BCUT2D eigenvalue weighted by Gasteiger charge is -2.27. The van der Waals surface area contributed by atoms with Crippen LogP contribution in [0.1, 0.15) is 38.5 Å². The zero-order chi connectivity index (χ0) is 8.81. The third-order valence-electron chi connectivity index (χ3n) is 3.03. The van der Waals surface area contributed by atoms with Gasteiger partial charge in [0, 0.05) is 12.6 Å². The minimum absolute atomic E-state index is 0.367. The van der Waals surface area contributed by atoms with E-state index in [9.17, 15) is 0 Å². The van der Waals surface area contributed by atoms with E-state index in [-0.39, 0.29) is 0 Å². The highest BCUT2D eigenvalue weighted by molar-refractivity contribution is 4.75. The fourth-order valence-electron chi connectivity index (χ4n) is 2.12. The highest BCUT2D eigenvalue weighted by Gasteiger charge is 2.18. The van der Waals surface area contributed by atoms with Gasteiger partial charge in [0.2, 0.25) is 0 Å². The van der Waals surface area contributed by atoms with Crippen LogP contribution in [0.4, 0.5) is 0 Å². The predicted molar refractivity (Wildman–Crippen MR) is 51.1 cm³/mol. The van der Waals surface area contributed by atoms with Crippen molar-refractivity contribution < 1.29 is 5.11 Å². The monoisotopic (exact) mass is 171 g/mol. The van der Waals surface area contributed by atoms with Gasteiger partial charge in [-0.15, -0.1) is 0 Å². The molecule has 1 rings (SSSR count). The second kappa shape index (κ2) is 5.55. The van der Waals surface area contributed by atoms with Gasteiger partial charge in [-0.3, -0.25) is 0 Å². The topological polar surface area (TPSA) is 32.3 Å². The van der Waals surface area contributed by atoms with Crippen molar-refractivity contribution in [2.45, 2.75) is 44.6 Å². The Balaban J connectivity index is 2.09. The zero-order valence-corrected chi connectivity index (χ0v) is 8.05. The third-order valence-corrected chi connectivity index (χ3v) is 3.03. The Morgan fingerprint density at radius 3 is 2.42 bits per heavy atom. The Labute approximate surface area is 75.4 Å². The molecule has 0 aromatic heterocycles. The van der Waals surface area contributed by atoms with Crippen LogP contribution in [-0.4, -0.2) is 24.8 Å². The number of aliphatic hydroxyl groups is 1. The summed E-state index contributed by atoms with van der Waals surface area (Å²) in [6.07, 6.45) is 7.58. The van der Waals surface area contributed by atoms with Gasteiger partial charge in [0.1, 0.15) is 0 Å². The van der Waals surface area contributed by atoms with Crippen LogP contribution in [-0.2, 0) is 0 Å². The molecule has 0 aliphatic heterocycles. The van der Waals surface area contributed by atoms with E-state index in [2.05, 4.69) is 12.4 Å². The van der Waals surface area contributed by atoms with Crippen molar-refractivity contribution in [3.05, 3.63) is 0 Å². The molecule has 12 heavy (non-hydrogen) atoms. The molecule has 0 heterocycles. The first-order valence-corrected chi connectivity index (χ1v) is 5.15. The Hall–Kier alpha value is -0.0800. The first-order valence-electron chi connectivity index (χ1n) is 5.15. The molecule has 0 aromatic carbocycles. The normalized spacial score (nSPS) is 30.5. The van der Waals surface area contributed by atoms with Crippen molar-refractivity contribution in [2.75, 3.05) is 13.7 Å². The molecule has 0 unspecified atom stereocenters. The Morgan fingerprint density at radius 1 is 1.25 bits per heavy atom. The summed E-state index contributed by atoms with van der Waals surface area (Å²) < 4.78 is 0. The van der Waals surface area contributed by atoms with Crippen molar-refractivity contribution in [3.8, 4) is 0 Å². The maximum absolute atomic E-state index is 8.68. The van der Waals surface area contributed by atoms with Crippen LogP contribution in [0, 0.1) is 5.92 Å². The van der Waals surface area contributed by atoms with E-state index in [0.29, 0.717) is 6.61 Å². The number of nitrogens with one attached hydrogen (secondary N) is 1. The van der Waals surface area contributed by atoms with Gasteiger partial charge in [-0.1, -0.05) is 0 Å². The average molecular weight is 171 g/mol. The van der Waals surface area contributed by atoms with Crippen molar-refractivity contribution in [1.82, 2.24) is 5.32 Å². The maximum Gasteiger partial charge on any atom is 0.0431 e. The van der Waals surface area contributed by atoms with E-state index >= 15 is 0 Å². The Kier molecular flexibility index (Phi) is 4.62. The summed E-state index contributed by atoms with van der Waals surface area (Å²) in [7, 11) is 2.05. The fourth-order valence-corrected chi connectivity index (χ4v) is 2.12. The van der Waals surface area contributed by atoms with E-state index < -0.39 is 0 Å². The molecule has 0 amide bonds. The second-order valence-electron chi connectivity index (χ2n) is 3.87. The highest BCUT2D eigenvalue weighted by Crippen LogP contribution is 2.27. The number of hydrogen-bond donors (Lipinski definition) is 2. The van der Waals surface area contributed by atoms with E-state index in [4.69, 9.17) is 5.11 Å². The molecule has 1 aliphatic carbocycles. The van der Waals surface area contributed by atoms with Crippen molar-refractivity contribution in [1.29, 1.82) is 0 Å². The number of hydrogen-bond acceptors (Lipinski definition) is 2. The van der Waals surface area contributed by atoms with E-state index in [1.807, 2.05) is 0 Å². The first-order chi connectivity index (χ1) is 5.86. The minimum Gasteiger partial charge on any atom is -0.396 e. The maximum atomic E-state index is 8.68. The largest absolute Gasteiger partial charge is 0.396 e. The molecule has 0 radical (unpaired) electrons. The minimum atomic E-state index is 0.367. The molecule has 1 fully saturated rings. The molecular formula is C10H21NO. The summed E-state index contributed by atoms with van der Waals surface area (Å²) in [6.45, 7) is 0.367. The van der Waals surface area contributed by atoms with E-state index in [0.717, 1.165) is 18.4 Å². The zero-order valence-electron chi connectivity index (χ0n) is 8.05. The Bertz CT molecular complexity index is 108. The van der Waals surface area contributed by atoms with Crippen molar-refractivity contribution >= 4 is 0 Å². The van der Waals surface area contributed by atoms with Crippen LogP contribution >= 0.6 is 0 Å². The van der Waals surface area contributed by atoms with Crippen LogP contribution in [0.5, 0.6) is 0 Å². The standard InChI is InChI=1S/C10H21NO/c1-11-10-6-4-9(5-7-10)3-2-8-12/h9-12H,2-8H2,1H3. The van der Waals surface area contributed by atoms with Crippen molar-refractivity contribution in [3.63, 3.8) is 0 Å². The number of rotatable bonds is 4. The first kappa shape index (κ1) is 10.0. The Morgan fingerprint density at radius 2 is 1.92 bits per heavy atom. The molecule has 0 atom stereocenters. The molecule has 1 aliphatic rings. The van der Waals surface area contributed by atoms with Crippen LogP contribution in [0.15, 0.2) is 0 Å². The van der Waals surface area contributed by atoms with Gasteiger partial charge in [-0.05, 0) is 51.5 Å². The summed E-state index contributed by atoms with van der Waals surface area (Å²) in [4.78, 5) is 0. The van der Waals surface area contributed by atoms with Gasteiger partial charge in [0.15, 0.2) is 0 Å². The lowest BCUT2D eigenvalue weighted by Crippen LogP contribution is -2.30. The highest BCUT2D eigenvalue weighted by atomic mass is 16.2. The molecule has 0 aromatic rings.